The van der Waals surface area contributed by atoms with Gasteiger partial charge < -0.3 is 5.73 Å². The number of hydrogen-bond acceptors (Lipinski definition) is 4. The van der Waals surface area contributed by atoms with Gasteiger partial charge in [-0.1, -0.05) is 23.6 Å². The highest BCUT2D eigenvalue weighted by molar-refractivity contribution is 8.13. The number of rotatable bonds is 1. The first-order chi connectivity index (χ1) is 7.09. The van der Waals surface area contributed by atoms with Crippen LogP contribution in [0.3, 0.4) is 0 Å². The number of carbonyl (C=O) groups is 1. The summed E-state index contributed by atoms with van der Waals surface area (Å²) in [6, 6.07) is 3.55. The fraction of sp³-hybridized carbons (Fsp3) is 0.273. The number of anilines is 1. The highest BCUT2D eigenvalue weighted by Crippen LogP contribution is 2.06. The van der Waals surface area contributed by atoms with Crippen molar-refractivity contribution < 1.29 is 4.79 Å². The van der Waals surface area contributed by atoms with Crippen LogP contribution in [0, 0.1) is 18.8 Å². The first-order valence-electron chi connectivity index (χ1n) is 4.45. The molecule has 3 nitrogen and oxygen atoms in total. The minimum Gasteiger partial charge on any atom is -0.384 e. The Morgan fingerprint density at radius 2 is 2.33 bits per heavy atom. The molecule has 2 N–H and O–H groups in total. The summed E-state index contributed by atoms with van der Waals surface area (Å²) in [5, 5.41) is 0.0800. The first-order valence-corrected chi connectivity index (χ1v) is 5.43. The van der Waals surface area contributed by atoms with Gasteiger partial charge in [0.2, 0.25) is 0 Å². The van der Waals surface area contributed by atoms with Crippen molar-refractivity contribution in [3.8, 4) is 11.8 Å². The number of carbonyl (C=O) groups excluding carboxylic acids is 1. The van der Waals surface area contributed by atoms with Crippen molar-refractivity contribution in [3.05, 3.63) is 23.4 Å². The third kappa shape index (κ3) is 4.05. The van der Waals surface area contributed by atoms with Crippen LogP contribution >= 0.6 is 11.8 Å². The van der Waals surface area contributed by atoms with Gasteiger partial charge in [0.1, 0.15) is 5.82 Å². The van der Waals surface area contributed by atoms with Gasteiger partial charge in [0, 0.05) is 12.5 Å². The largest absolute Gasteiger partial charge is 0.384 e. The second-order valence-corrected chi connectivity index (χ2v) is 4.10. The van der Waals surface area contributed by atoms with E-state index in [0.717, 1.165) is 11.3 Å². The Hall–Kier alpha value is -1.47. The summed E-state index contributed by atoms with van der Waals surface area (Å²) in [5.41, 5.74) is 7.18. The lowest BCUT2D eigenvalue weighted by Gasteiger charge is -1.97. The van der Waals surface area contributed by atoms with E-state index in [-0.39, 0.29) is 5.12 Å². The van der Waals surface area contributed by atoms with Gasteiger partial charge in [-0.2, -0.15) is 0 Å². The topological polar surface area (TPSA) is 56.0 Å². The molecule has 0 saturated carbocycles. The van der Waals surface area contributed by atoms with E-state index >= 15 is 0 Å². The van der Waals surface area contributed by atoms with Crippen molar-refractivity contribution >= 4 is 22.7 Å². The quantitative estimate of drug-likeness (QED) is 0.730. The molecule has 78 valence electrons. The van der Waals surface area contributed by atoms with E-state index in [2.05, 4.69) is 16.8 Å². The summed E-state index contributed by atoms with van der Waals surface area (Å²) in [4.78, 5) is 14.7. The van der Waals surface area contributed by atoms with Crippen molar-refractivity contribution in [2.24, 2.45) is 0 Å². The predicted molar refractivity (Wildman–Crippen MR) is 63.4 cm³/mol. The highest BCUT2D eigenvalue weighted by Gasteiger charge is 1.95. The molecule has 0 amide bonds. The fourth-order valence-corrected chi connectivity index (χ4v) is 1.33. The zero-order valence-corrected chi connectivity index (χ0v) is 9.52. The Balaban J connectivity index is 2.67. The van der Waals surface area contributed by atoms with Crippen molar-refractivity contribution in [1.29, 1.82) is 0 Å². The molecule has 0 aromatic carbocycles. The van der Waals surface area contributed by atoms with Crippen LogP contribution in [0.25, 0.3) is 0 Å². The number of nitrogens with two attached hydrogens (primary N) is 1. The van der Waals surface area contributed by atoms with Gasteiger partial charge in [0.15, 0.2) is 5.12 Å². The zero-order chi connectivity index (χ0) is 11.3. The molecule has 0 aliphatic rings. The molecule has 1 rings (SSSR count). The van der Waals surface area contributed by atoms with Crippen LogP contribution in [-0.2, 0) is 4.79 Å². The van der Waals surface area contributed by atoms with Crippen molar-refractivity contribution in [3.63, 3.8) is 0 Å². The molecule has 15 heavy (non-hydrogen) atoms. The predicted octanol–water partition coefficient (Wildman–Crippen LogP) is 1.60. The molecule has 0 aliphatic carbocycles. The van der Waals surface area contributed by atoms with E-state index in [9.17, 15) is 4.79 Å². The summed E-state index contributed by atoms with van der Waals surface area (Å²) in [6.45, 7) is 3.39. The number of thioether (sulfide) groups is 1. The summed E-state index contributed by atoms with van der Waals surface area (Å²) < 4.78 is 0. The number of nitrogen functional groups attached to an aromatic ring is 1. The lowest BCUT2D eigenvalue weighted by Crippen LogP contribution is -1.94. The van der Waals surface area contributed by atoms with E-state index in [0.29, 0.717) is 11.6 Å². The Labute approximate surface area is 93.5 Å². The Morgan fingerprint density at radius 1 is 1.60 bits per heavy atom. The normalized spacial score (nSPS) is 9.20. The summed E-state index contributed by atoms with van der Waals surface area (Å²) in [6.07, 6.45) is 0. The summed E-state index contributed by atoms with van der Waals surface area (Å²) >= 11 is 1.20. The molecular weight excluding hydrogens is 208 g/mol. The maximum atomic E-state index is 10.6. The average Bonchev–Trinajstić information content (AvgIpc) is 2.14. The van der Waals surface area contributed by atoms with Crippen molar-refractivity contribution in [1.82, 2.24) is 4.98 Å². The number of pyridine rings is 1. The minimum atomic E-state index is 0.0800. The summed E-state index contributed by atoms with van der Waals surface area (Å²) in [5.74, 6) is 6.87. The van der Waals surface area contributed by atoms with E-state index in [1.54, 1.807) is 6.07 Å². The van der Waals surface area contributed by atoms with Gasteiger partial charge in [0.05, 0.1) is 11.4 Å². The molecule has 4 heteroatoms. The van der Waals surface area contributed by atoms with E-state index < -0.39 is 0 Å². The molecule has 0 unspecified atom stereocenters. The number of aryl methyl sites for hydroxylation is 1. The lowest BCUT2D eigenvalue weighted by molar-refractivity contribution is -0.109. The molecule has 0 aliphatic heterocycles. The number of aromatic nitrogens is 1. The minimum absolute atomic E-state index is 0.0800. The maximum absolute atomic E-state index is 10.6. The first kappa shape index (κ1) is 11.6. The number of nitrogens with zero attached hydrogens (tertiary/aromatic N) is 1. The van der Waals surface area contributed by atoms with Gasteiger partial charge in [-0.3, -0.25) is 4.79 Å². The standard InChI is InChI=1S/C11H12N2OS/c1-8-10(5-6-11(12)13-8)4-3-7-15-9(2)14/h5-6H,7H2,1-2H3,(H2,12,13). The Morgan fingerprint density at radius 3 is 2.93 bits per heavy atom. The average molecular weight is 220 g/mol. The second-order valence-electron chi connectivity index (χ2n) is 2.95. The van der Waals surface area contributed by atoms with E-state index in [4.69, 9.17) is 5.73 Å². The summed E-state index contributed by atoms with van der Waals surface area (Å²) in [7, 11) is 0. The Bertz CT molecular complexity index is 432. The molecule has 0 atom stereocenters. The molecule has 1 heterocycles. The molecular formula is C11H12N2OS. The zero-order valence-electron chi connectivity index (χ0n) is 8.70. The van der Waals surface area contributed by atoms with Crippen molar-refractivity contribution in [2.45, 2.75) is 13.8 Å². The number of hydrogen-bond donors (Lipinski definition) is 1. The van der Waals surface area contributed by atoms with Crippen LogP contribution < -0.4 is 5.73 Å². The van der Waals surface area contributed by atoms with Gasteiger partial charge in [-0.05, 0) is 19.1 Å². The molecule has 1 aromatic rings. The van der Waals surface area contributed by atoms with E-state index in [1.807, 2.05) is 13.0 Å². The Kier molecular flexibility index (Phi) is 4.19. The highest BCUT2D eigenvalue weighted by atomic mass is 32.2. The molecule has 0 fully saturated rings. The van der Waals surface area contributed by atoms with Crippen LogP contribution in [-0.4, -0.2) is 15.9 Å². The lowest BCUT2D eigenvalue weighted by atomic mass is 10.2. The second kappa shape index (κ2) is 5.42. The van der Waals surface area contributed by atoms with Gasteiger partial charge >= 0.3 is 0 Å². The van der Waals surface area contributed by atoms with Crippen LogP contribution in [0.4, 0.5) is 5.82 Å². The molecule has 1 aromatic heterocycles. The maximum Gasteiger partial charge on any atom is 0.186 e. The van der Waals surface area contributed by atoms with E-state index in [1.165, 1.54) is 18.7 Å². The monoisotopic (exact) mass is 220 g/mol. The van der Waals surface area contributed by atoms with Crippen molar-refractivity contribution in [2.75, 3.05) is 11.5 Å². The SMILES string of the molecule is CC(=O)SCC#Cc1ccc(N)nc1C. The van der Waals surface area contributed by atoms with Crippen LogP contribution in [0.15, 0.2) is 12.1 Å². The molecule has 0 radical (unpaired) electrons. The smallest absolute Gasteiger partial charge is 0.186 e. The van der Waals surface area contributed by atoms with Crippen LogP contribution in [0.2, 0.25) is 0 Å². The molecule has 0 bridgehead atoms. The van der Waals surface area contributed by atoms with Gasteiger partial charge in [-0.25, -0.2) is 4.98 Å². The molecule has 0 spiro atoms. The third-order valence-electron chi connectivity index (χ3n) is 1.68. The van der Waals surface area contributed by atoms with Crippen LogP contribution in [0.1, 0.15) is 18.2 Å². The third-order valence-corrected chi connectivity index (χ3v) is 2.37. The van der Waals surface area contributed by atoms with Gasteiger partial charge in [-0.15, -0.1) is 0 Å². The van der Waals surface area contributed by atoms with Crippen LogP contribution in [0.5, 0.6) is 0 Å². The fourth-order valence-electron chi connectivity index (χ4n) is 0.982. The van der Waals surface area contributed by atoms with Gasteiger partial charge in [0.25, 0.3) is 0 Å². The molecule has 0 saturated heterocycles.